The molecule has 0 saturated heterocycles. The standard InChI is InChI=1S/C14H18N4OS/c1-20-9-7-11(15-14(19)10-5-6-10)13-17-16-12-4-2-3-8-18(12)13/h2-4,8,10-11H,5-7,9H2,1H3,(H,15,19)/t11-/m0/s1. The van der Waals surface area contributed by atoms with Gasteiger partial charge in [-0.15, -0.1) is 10.2 Å². The SMILES string of the molecule is CSCC[C@H](NC(=O)C1CC1)c1nnc2ccccn12. The van der Waals surface area contributed by atoms with Crippen LogP contribution in [0.2, 0.25) is 0 Å². The van der Waals surface area contributed by atoms with Gasteiger partial charge in [0.05, 0.1) is 6.04 Å². The van der Waals surface area contributed by atoms with Gasteiger partial charge in [-0.2, -0.15) is 11.8 Å². The molecule has 0 unspecified atom stereocenters. The van der Waals surface area contributed by atoms with Crippen LogP contribution in [-0.4, -0.2) is 32.5 Å². The minimum atomic E-state index is -0.0621. The van der Waals surface area contributed by atoms with Crippen LogP contribution in [0.1, 0.15) is 31.1 Å². The molecule has 2 aromatic rings. The van der Waals surface area contributed by atoms with Crippen LogP contribution in [0.15, 0.2) is 24.4 Å². The quantitative estimate of drug-likeness (QED) is 0.884. The van der Waals surface area contributed by atoms with E-state index in [1.54, 1.807) is 11.8 Å². The Balaban J connectivity index is 1.84. The minimum Gasteiger partial charge on any atom is -0.346 e. The molecule has 0 radical (unpaired) electrons. The molecule has 1 atom stereocenters. The molecule has 2 heterocycles. The highest BCUT2D eigenvalue weighted by atomic mass is 32.2. The van der Waals surface area contributed by atoms with Crippen LogP contribution in [0.5, 0.6) is 0 Å². The average molecular weight is 290 g/mol. The van der Waals surface area contributed by atoms with Gasteiger partial charge < -0.3 is 5.32 Å². The number of fused-ring (bicyclic) bond motifs is 1. The van der Waals surface area contributed by atoms with Crippen molar-refractivity contribution in [3.05, 3.63) is 30.2 Å². The van der Waals surface area contributed by atoms with Crippen molar-refractivity contribution in [1.29, 1.82) is 0 Å². The summed E-state index contributed by atoms with van der Waals surface area (Å²) >= 11 is 1.77. The van der Waals surface area contributed by atoms with Gasteiger partial charge in [0.1, 0.15) is 0 Å². The molecule has 3 rings (SSSR count). The number of nitrogens with zero attached hydrogens (tertiary/aromatic N) is 3. The second-order valence-electron chi connectivity index (χ2n) is 5.10. The van der Waals surface area contributed by atoms with E-state index in [1.165, 1.54) is 0 Å². The van der Waals surface area contributed by atoms with Gasteiger partial charge in [-0.1, -0.05) is 6.07 Å². The fraction of sp³-hybridized carbons (Fsp3) is 0.500. The van der Waals surface area contributed by atoms with Crippen LogP contribution in [0, 0.1) is 5.92 Å². The molecule has 0 bridgehead atoms. The molecular weight excluding hydrogens is 272 g/mol. The van der Waals surface area contributed by atoms with E-state index in [4.69, 9.17) is 0 Å². The predicted molar refractivity (Wildman–Crippen MR) is 79.6 cm³/mol. The average Bonchev–Trinajstić information content (AvgIpc) is 3.23. The van der Waals surface area contributed by atoms with Crippen molar-refractivity contribution < 1.29 is 4.79 Å². The van der Waals surface area contributed by atoms with E-state index in [0.717, 1.165) is 36.5 Å². The van der Waals surface area contributed by atoms with Gasteiger partial charge in [-0.25, -0.2) is 0 Å². The zero-order valence-corrected chi connectivity index (χ0v) is 12.3. The van der Waals surface area contributed by atoms with Crippen molar-refractivity contribution in [1.82, 2.24) is 19.9 Å². The van der Waals surface area contributed by atoms with Gasteiger partial charge in [0.25, 0.3) is 0 Å². The van der Waals surface area contributed by atoms with Crippen molar-refractivity contribution in [2.24, 2.45) is 5.92 Å². The summed E-state index contributed by atoms with van der Waals surface area (Å²) in [5, 5.41) is 11.6. The van der Waals surface area contributed by atoms with Gasteiger partial charge in [0.15, 0.2) is 11.5 Å². The predicted octanol–water partition coefficient (Wildman–Crippen LogP) is 2.05. The first-order chi connectivity index (χ1) is 9.79. The van der Waals surface area contributed by atoms with Crippen molar-refractivity contribution in [3.63, 3.8) is 0 Å². The first-order valence-corrected chi connectivity index (χ1v) is 8.28. The summed E-state index contributed by atoms with van der Waals surface area (Å²) in [6, 6.07) is 5.75. The van der Waals surface area contributed by atoms with Gasteiger partial charge in [0, 0.05) is 12.1 Å². The highest BCUT2D eigenvalue weighted by Gasteiger charge is 2.32. The Labute approximate surface area is 122 Å². The number of rotatable bonds is 6. The lowest BCUT2D eigenvalue weighted by atomic mass is 10.2. The summed E-state index contributed by atoms with van der Waals surface area (Å²) < 4.78 is 1.96. The summed E-state index contributed by atoms with van der Waals surface area (Å²) in [6.07, 6.45) is 6.92. The zero-order chi connectivity index (χ0) is 13.9. The molecule has 1 aliphatic rings. The molecule has 1 amide bonds. The molecule has 1 fully saturated rings. The summed E-state index contributed by atoms with van der Waals surface area (Å²) in [4.78, 5) is 12.0. The number of carbonyl (C=O) groups excluding carboxylic acids is 1. The number of aromatic nitrogens is 3. The van der Waals surface area contributed by atoms with Crippen LogP contribution in [0.4, 0.5) is 0 Å². The highest BCUT2D eigenvalue weighted by Crippen LogP contribution is 2.30. The third-order valence-electron chi connectivity index (χ3n) is 3.53. The zero-order valence-electron chi connectivity index (χ0n) is 11.5. The van der Waals surface area contributed by atoms with Crippen molar-refractivity contribution in [2.75, 3.05) is 12.0 Å². The largest absolute Gasteiger partial charge is 0.346 e. The maximum absolute atomic E-state index is 12.0. The Morgan fingerprint density at radius 3 is 3.10 bits per heavy atom. The summed E-state index contributed by atoms with van der Waals surface area (Å²) in [5.41, 5.74) is 0.817. The Hall–Kier alpha value is -1.56. The Bertz CT molecular complexity index is 608. The molecule has 20 heavy (non-hydrogen) atoms. The summed E-state index contributed by atoms with van der Waals surface area (Å²) in [7, 11) is 0. The van der Waals surface area contributed by atoms with Gasteiger partial charge in [-0.05, 0) is 43.4 Å². The number of carbonyl (C=O) groups is 1. The lowest BCUT2D eigenvalue weighted by molar-refractivity contribution is -0.123. The lowest BCUT2D eigenvalue weighted by Crippen LogP contribution is -2.31. The second-order valence-corrected chi connectivity index (χ2v) is 6.09. The number of amides is 1. The molecule has 1 aliphatic carbocycles. The smallest absolute Gasteiger partial charge is 0.223 e. The number of hydrogen-bond acceptors (Lipinski definition) is 4. The molecule has 0 aromatic carbocycles. The van der Waals surface area contributed by atoms with Crippen molar-refractivity contribution in [3.8, 4) is 0 Å². The molecule has 5 nitrogen and oxygen atoms in total. The van der Waals surface area contributed by atoms with E-state index >= 15 is 0 Å². The van der Waals surface area contributed by atoms with E-state index in [-0.39, 0.29) is 17.9 Å². The maximum Gasteiger partial charge on any atom is 0.223 e. The van der Waals surface area contributed by atoms with Gasteiger partial charge in [-0.3, -0.25) is 9.20 Å². The molecule has 6 heteroatoms. The first-order valence-electron chi connectivity index (χ1n) is 6.88. The second kappa shape index (κ2) is 5.83. The molecule has 0 spiro atoms. The van der Waals surface area contributed by atoms with Crippen LogP contribution < -0.4 is 5.32 Å². The number of thioether (sulfide) groups is 1. The number of pyridine rings is 1. The normalized spacial score (nSPS) is 16.2. The fourth-order valence-electron chi connectivity index (χ4n) is 2.23. The monoisotopic (exact) mass is 290 g/mol. The third-order valence-corrected chi connectivity index (χ3v) is 4.17. The Kier molecular flexibility index (Phi) is 3.91. The molecule has 106 valence electrons. The van der Waals surface area contributed by atoms with E-state index < -0.39 is 0 Å². The van der Waals surface area contributed by atoms with E-state index in [1.807, 2.05) is 28.8 Å². The summed E-state index contributed by atoms with van der Waals surface area (Å²) in [5.74, 6) is 2.18. The van der Waals surface area contributed by atoms with Crippen LogP contribution in [-0.2, 0) is 4.79 Å². The first kappa shape index (κ1) is 13.4. The van der Waals surface area contributed by atoms with E-state index in [0.29, 0.717) is 0 Å². The molecule has 2 aromatic heterocycles. The van der Waals surface area contributed by atoms with E-state index in [2.05, 4.69) is 21.8 Å². The van der Waals surface area contributed by atoms with E-state index in [9.17, 15) is 4.79 Å². The fourth-order valence-corrected chi connectivity index (χ4v) is 2.71. The lowest BCUT2D eigenvalue weighted by Gasteiger charge is -2.16. The summed E-state index contributed by atoms with van der Waals surface area (Å²) in [6.45, 7) is 0. The van der Waals surface area contributed by atoms with Crippen molar-refractivity contribution >= 4 is 23.3 Å². The molecule has 1 N–H and O–H groups in total. The molecule has 1 saturated carbocycles. The Morgan fingerprint density at radius 2 is 2.35 bits per heavy atom. The number of nitrogens with one attached hydrogen (secondary N) is 1. The maximum atomic E-state index is 12.0. The van der Waals surface area contributed by atoms with Crippen LogP contribution in [0.3, 0.4) is 0 Å². The number of hydrogen-bond donors (Lipinski definition) is 1. The van der Waals surface area contributed by atoms with Gasteiger partial charge >= 0.3 is 0 Å². The van der Waals surface area contributed by atoms with Crippen molar-refractivity contribution in [2.45, 2.75) is 25.3 Å². The minimum absolute atomic E-state index is 0.0621. The van der Waals surface area contributed by atoms with Crippen LogP contribution in [0.25, 0.3) is 5.65 Å². The molecule has 0 aliphatic heterocycles. The topological polar surface area (TPSA) is 59.3 Å². The van der Waals surface area contributed by atoms with Crippen LogP contribution >= 0.6 is 11.8 Å². The molecular formula is C14H18N4OS. The van der Waals surface area contributed by atoms with Gasteiger partial charge in [0.2, 0.25) is 5.91 Å². The third kappa shape index (κ3) is 2.80. The Morgan fingerprint density at radius 1 is 1.50 bits per heavy atom. The highest BCUT2D eigenvalue weighted by molar-refractivity contribution is 7.98.